The predicted octanol–water partition coefficient (Wildman–Crippen LogP) is 0.763. The Kier molecular flexibility index (Phi) is 5.44. The number of fused-ring (bicyclic) bond motifs is 1. The van der Waals surface area contributed by atoms with Crippen LogP contribution in [0.2, 0.25) is 0 Å². The molecule has 1 aromatic heterocycles. The molecule has 1 aliphatic rings. The number of carbonyl (C=O) groups excluding carboxylic acids is 4. The Morgan fingerprint density at radius 1 is 1.30 bits per heavy atom. The monoisotopic (exact) mass is 374 g/mol. The van der Waals surface area contributed by atoms with Crippen LogP contribution in [0.5, 0.6) is 0 Å². The molecule has 0 radical (unpaired) electrons. The summed E-state index contributed by atoms with van der Waals surface area (Å²) in [5, 5.41) is 13.4. The average Bonchev–Trinajstić information content (AvgIpc) is 2.94. The first kappa shape index (κ1) is 19.8. The van der Waals surface area contributed by atoms with Crippen molar-refractivity contribution in [2.24, 2.45) is 0 Å². The lowest BCUT2D eigenvalue weighted by Gasteiger charge is -2.31. The zero-order valence-corrected chi connectivity index (χ0v) is 15.3. The molecule has 2 heterocycles. The number of esters is 2. The van der Waals surface area contributed by atoms with E-state index in [-0.39, 0.29) is 23.6 Å². The molecule has 0 saturated heterocycles. The Hall–Kier alpha value is -3.48. The first-order valence-corrected chi connectivity index (χ1v) is 8.04. The number of carbonyl (C=O) groups is 4. The maximum Gasteiger partial charge on any atom is 0.375 e. The van der Waals surface area contributed by atoms with Crippen molar-refractivity contribution < 1.29 is 28.7 Å². The molecule has 1 aromatic rings. The van der Waals surface area contributed by atoms with Gasteiger partial charge in [0.25, 0.3) is 0 Å². The zero-order chi connectivity index (χ0) is 20.4. The summed E-state index contributed by atoms with van der Waals surface area (Å²) in [6.45, 7) is 5.08. The second-order valence-electron chi connectivity index (χ2n) is 5.78. The standard InChI is InChI=1S/C17H18N4O6/c1-5-26-16(25)17(27-12(4)24)6-13(10(2)22)9-20(11(3)23)15-14(7-18)8-19-21(15)17/h8-9H,5-6H2,1-4H3. The summed E-state index contributed by atoms with van der Waals surface area (Å²) in [6, 6.07) is 1.87. The third-order valence-electron chi connectivity index (χ3n) is 3.85. The van der Waals surface area contributed by atoms with Gasteiger partial charge in [0.2, 0.25) is 5.91 Å². The van der Waals surface area contributed by atoms with E-state index in [0.29, 0.717) is 0 Å². The SMILES string of the molecule is CCOC(=O)C1(OC(C)=O)CC(C(C)=O)=CN(C(C)=O)c2c(C#N)cnn21. The van der Waals surface area contributed by atoms with E-state index in [9.17, 15) is 24.4 Å². The second kappa shape index (κ2) is 7.41. The molecule has 27 heavy (non-hydrogen) atoms. The van der Waals surface area contributed by atoms with Crippen molar-refractivity contribution in [2.75, 3.05) is 11.5 Å². The molecule has 0 fully saturated rings. The molecule has 10 heteroatoms. The van der Waals surface area contributed by atoms with Crippen molar-refractivity contribution in [1.29, 1.82) is 5.26 Å². The highest BCUT2D eigenvalue weighted by molar-refractivity contribution is 6.00. The van der Waals surface area contributed by atoms with E-state index in [1.165, 1.54) is 20.0 Å². The van der Waals surface area contributed by atoms with Crippen molar-refractivity contribution in [2.45, 2.75) is 39.8 Å². The predicted molar refractivity (Wildman–Crippen MR) is 89.9 cm³/mol. The number of hydrogen-bond acceptors (Lipinski definition) is 8. The molecule has 1 atom stereocenters. The lowest BCUT2D eigenvalue weighted by atomic mass is 10.0. The molecule has 0 bridgehead atoms. The maximum absolute atomic E-state index is 12.8. The molecule has 142 valence electrons. The van der Waals surface area contributed by atoms with Crippen molar-refractivity contribution in [3.05, 3.63) is 23.5 Å². The molecule has 1 aliphatic heterocycles. The quantitative estimate of drug-likeness (QED) is 0.706. The van der Waals surface area contributed by atoms with Gasteiger partial charge in [-0.05, 0) is 13.8 Å². The van der Waals surface area contributed by atoms with Gasteiger partial charge in [-0.25, -0.2) is 4.79 Å². The van der Waals surface area contributed by atoms with Crippen LogP contribution >= 0.6 is 0 Å². The van der Waals surface area contributed by atoms with Crippen LogP contribution in [0.3, 0.4) is 0 Å². The van der Waals surface area contributed by atoms with Gasteiger partial charge in [-0.3, -0.25) is 19.3 Å². The normalized spacial score (nSPS) is 18.5. The molecule has 0 N–H and O–H groups in total. The topological polar surface area (TPSA) is 132 Å². The van der Waals surface area contributed by atoms with E-state index in [1.807, 2.05) is 6.07 Å². The number of aromatic nitrogens is 2. The van der Waals surface area contributed by atoms with Gasteiger partial charge in [-0.2, -0.15) is 15.0 Å². The maximum atomic E-state index is 12.8. The summed E-state index contributed by atoms with van der Waals surface area (Å²) in [7, 11) is 0. The Morgan fingerprint density at radius 2 is 1.96 bits per heavy atom. The third kappa shape index (κ3) is 3.44. The number of Topliss-reactive ketones (excluding diaryl/α,β-unsaturated/α-hetero) is 1. The van der Waals surface area contributed by atoms with E-state index in [1.54, 1.807) is 6.92 Å². The highest BCUT2D eigenvalue weighted by atomic mass is 16.6. The summed E-state index contributed by atoms with van der Waals surface area (Å²) < 4.78 is 11.3. The number of anilines is 1. The minimum Gasteiger partial charge on any atom is -0.462 e. The molecular formula is C17H18N4O6. The van der Waals surface area contributed by atoms with E-state index in [4.69, 9.17) is 9.47 Å². The van der Waals surface area contributed by atoms with E-state index < -0.39 is 35.8 Å². The number of amides is 1. The van der Waals surface area contributed by atoms with Gasteiger partial charge in [0, 0.05) is 25.6 Å². The van der Waals surface area contributed by atoms with Crippen molar-refractivity contribution in [3.8, 4) is 6.07 Å². The Bertz CT molecular complexity index is 894. The lowest BCUT2D eigenvalue weighted by molar-refractivity contribution is -0.196. The first-order chi connectivity index (χ1) is 12.7. The van der Waals surface area contributed by atoms with Crippen LogP contribution in [-0.2, 0) is 34.4 Å². The summed E-state index contributed by atoms with van der Waals surface area (Å²) in [4.78, 5) is 49.9. The zero-order valence-electron chi connectivity index (χ0n) is 15.3. The van der Waals surface area contributed by atoms with Crippen LogP contribution in [0.15, 0.2) is 18.0 Å². The fourth-order valence-corrected chi connectivity index (χ4v) is 2.73. The molecule has 0 spiro atoms. The van der Waals surface area contributed by atoms with Gasteiger partial charge in [-0.15, -0.1) is 0 Å². The average molecular weight is 374 g/mol. The Balaban J connectivity index is 2.90. The number of ketones is 1. The van der Waals surface area contributed by atoms with Gasteiger partial charge >= 0.3 is 17.7 Å². The highest BCUT2D eigenvalue weighted by Gasteiger charge is 2.51. The van der Waals surface area contributed by atoms with E-state index >= 15 is 0 Å². The Labute approximate surface area is 154 Å². The molecule has 10 nitrogen and oxygen atoms in total. The molecule has 0 aromatic carbocycles. The number of nitrogens with zero attached hydrogens (tertiary/aromatic N) is 4. The van der Waals surface area contributed by atoms with Crippen LogP contribution in [0, 0.1) is 11.3 Å². The summed E-state index contributed by atoms with van der Waals surface area (Å²) in [5.41, 5.74) is -2.20. The molecule has 2 rings (SSSR count). The van der Waals surface area contributed by atoms with Crippen molar-refractivity contribution in [1.82, 2.24) is 9.78 Å². The fraction of sp³-hybridized carbons (Fsp3) is 0.412. The minimum absolute atomic E-state index is 0.0221. The van der Waals surface area contributed by atoms with Crippen LogP contribution < -0.4 is 4.90 Å². The number of hydrogen-bond donors (Lipinski definition) is 0. The van der Waals surface area contributed by atoms with Crippen molar-refractivity contribution in [3.63, 3.8) is 0 Å². The molecule has 1 amide bonds. The van der Waals surface area contributed by atoms with Gasteiger partial charge in [0.1, 0.15) is 11.6 Å². The second-order valence-corrected chi connectivity index (χ2v) is 5.78. The Morgan fingerprint density at radius 3 is 2.44 bits per heavy atom. The number of rotatable bonds is 4. The molecule has 0 aliphatic carbocycles. The summed E-state index contributed by atoms with van der Waals surface area (Å²) in [6.07, 6.45) is 1.93. The summed E-state index contributed by atoms with van der Waals surface area (Å²) in [5.74, 6) is -2.90. The van der Waals surface area contributed by atoms with Crippen LogP contribution in [0.1, 0.15) is 39.7 Å². The molecule has 1 unspecified atom stereocenters. The summed E-state index contributed by atoms with van der Waals surface area (Å²) >= 11 is 0. The van der Waals surface area contributed by atoms with Gasteiger partial charge in [-0.1, -0.05) is 0 Å². The lowest BCUT2D eigenvalue weighted by Crippen LogP contribution is -2.48. The molecule has 0 saturated carbocycles. The fourth-order valence-electron chi connectivity index (χ4n) is 2.73. The first-order valence-electron chi connectivity index (χ1n) is 8.04. The van der Waals surface area contributed by atoms with Crippen LogP contribution in [0.4, 0.5) is 5.82 Å². The van der Waals surface area contributed by atoms with Gasteiger partial charge < -0.3 is 9.47 Å². The molecular weight excluding hydrogens is 356 g/mol. The largest absolute Gasteiger partial charge is 0.462 e. The van der Waals surface area contributed by atoms with Crippen LogP contribution in [-0.4, -0.2) is 40.0 Å². The van der Waals surface area contributed by atoms with E-state index in [2.05, 4.69) is 5.10 Å². The number of ether oxygens (including phenoxy) is 2. The van der Waals surface area contributed by atoms with Crippen molar-refractivity contribution >= 4 is 29.4 Å². The minimum atomic E-state index is -2.17. The number of nitriles is 1. The van der Waals surface area contributed by atoms with Gasteiger partial charge in [0.05, 0.1) is 19.2 Å². The highest BCUT2D eigenvalue weighted by Crippen LogP contribution is 2.38. The van der Waals surface area contributed by atoms with Crippen LogP contribution in [0.25, 0.3) is 0 Å². The van der Waals surface area contributed by atoms with Gasteiger partial charge in [0.15, 0.2) is 11.6 Å². The third-order valence-corrected chi connectivity index (χ3v) is 3.85. The van der Waals surface area contributed by atoms with E-state index in [0.717, 1.165) is 22.7 Å². The smallest absolute Gasteiger partial charge is 0.375 e.